The summed E-state index contributed by atoms with van der Waals surface area (Å²) in [6, 6.07) is 0.574. The summed E-state index contributed by atoms with van der Waals surface area (Å²) in [5, 5.41) is 1.46. The van der Waals surface area contributed by atoms with Crippen molar-refractivity contribution in [3.05, 3.63) is 0 Å². The molecular weight excluding hydrogens is 104 g/mol. The molecule has 1 aliphatic rings. The maximum atomic E-state index is 9.93. The maximum Gasteiger partial charge on any atom is 0.223 e. The first-order chi connectivity index (χ1) is 3.83. The topological polar surface area (TPSA) is 32.3 Å². The van der Waals surface area contributed by atoms with E-state index in [1.807, 2.05) is 0 Å². The number of carbonyl (C=O) groups is 1. The van der Waals surface area contributed by atoms with E-state index >= 15 is 0 Å². The second-order valence-corrected chi connectivity index (χ2v) is 2.12. The summed E-state index contributed by atoms with van der Waals surface area (Å²) >= 11 is 0. The van der Waals surface area contributed by atoms with E-state index in [1.165, 1.54) is 17.9 Å². The predicted octanol–water partition coefficient (Wildman–Crippen LogP) is -0.258. The van der Waals surface area contributed by atoms with Crippen LogP contribution in [-0.4, -0.2) is 24.5 Å². The Labute approximate surface area is 48.6 Å². The van der Waals surface area contributed by atoms with Crippen molar-refractivity contribution in [1.82, 2.24) is 10.4 Å². The van der Waals surface area contributed by atoms with Gasteiger partial charge in [-0.1, -0.05) is 0 Å². The third kappa shape index (κ3) is 1.50. The van der Waals surface area contributed by atoms with Gasteiger partial charge in [-0.2, -0.15) is 0 Å². The van der Waals surface area contributed by atoms with Crippen LogP contribution in [-0.2, 0) is 4.79 Å². The zero-order chi connectivity index (χ0) is 5.98. The van der Waals surface area contributed by atoms with Crippen LogP contribution in [0.3, 0.4) is 0 Å². The third-order valence-electron chi connectivity index (χ3n) is 1.12. The van der Waals surface area contributed by atoms with Crippen molar-refractivity contribution in [3.8, 4) is 0 Å². The van der Waals surface area contributed by atoms with Gasteiger partial charge in [0.1, 0.15) is 0 Å². The van der Waals surface area contributed by atoms with Gasteiger partial charge in [0.25, 0.3) is 0 Å². The van der Waals surface area contributed by atoms with Crippen LogP contribution in [0.4, 0.5) is 0 Å². The lowest BCUT2D eigenvalue weighted by molar-refractivity contribution is -0.119. The summed E-state index contributed by atoms with van der Waals surface area (Å²) in [5.41, 5.74) is 2.97. The van der Waals surface area contributed by atoms with E-state index in [0.29, 0.717) is 6.04 Å². The highest BCUT2D eigenvalue weighted by Gasteiger charge is 2.21. The third-order valence-corrected chi connectivity index (χ3v) is 1.12. The number of amides is 1. The lowest BCUT2D eigenvalue weighted by Gasteiger charge is -2.09. The molecule has 0 atom stereocenters. The molecule has 0 bridgehead atoms. The molecule has 0 radical (unpaired) electrons. The molecule has 1 amide bonds. The SMILES string of the molecule is CN(C=O)NC1CC1. The highest BCUT2D eigenvalue weighted by Crippen LogP contribution is 2.18. The summed E-state index contributed by atoms with van der Waals surface area (Å²) in [5.74, 6) is 0. The van der Waals surface area contributed by atoms with Gasteiger partial charge < -0.3 is 0 Å². The summed E-state index contributed by atoms with van der Waals surface area (Å²) in [4.78, 5) is 9.93. The van der Waals surface area contributed by atoms with E-state index in [4.69, 9.17) is 0 Å². The normalized spacial score (nSPS) is 18.1. The van der Waals surface area contributed by atoms with Gasteiger partial charge >= 0.3 is 0 Å². The molecule has 0 aromatic carbocycles. The molecule has 0 saturated heterocycles. The number of hydrazine groups is 1. The Kier molecular flexibility index (Phi) is 1.48. The predicted molar refractivity (Wildman–Crippen MR) is 30.0 cm³/mol. The van der Waals surface area contributed by atoms with Crippen LogP contribution in [0.25, 0.3) is 0 Å². The van der Waals surface area contributed by atoms with E-state index in [2.05, 4.69) is 5.43 Å². The minimum atomic E-state index is 0.574. The van der Waals surface area contributed by atoms with Gasteiger partial charge in [0.2, 0.25) is 6.41 Å². The van der Waals surface area contributed by atoms with Crippen molar-refractivity contribution in [3.63, 3.8) is 0 Å². The van der Waals surface area contributed by atoms with Crippen LogP contribution in [0.1, 0.15) is 12.8 Å². The molecule has 1 N–H and O–H groups in total. The Morgan fingerprint density at radius 3 is 2.75 bits per heavy atom. The molecule has 0 aromatic rings. The second kappa shape index (κ2) is 2.13. The molecule has 8 heavy (non-hydrogen) atoms. The number of hydrogen-bond donors (Lipinski definition) is 1. The molecule has 1 rings (SSSR count). The molecule has 1 aliphatic carbocycles. The monoisotopic (exact) mass is 114 g/mol. The summed E-state index contributed by atoms with van der Waals surface area (Å²) in [6.45, 7) is 0. The summed E-state index contributed by atoms with van der Waals surface area (Å²) in [6.07, 6.45) is 3.19. The Morgan fingerprint density at radius 1 is 1.75 bits per heavy atom. The average molecular weight is 114 g/mol. The number of nitrogens with one attached hydrogen (secondary N) is 1. The molecule has 46 valence electrons. The minimum Gasteiger partial charge on any atom is -0.284 e. The van der Waals surface area contributed by atoms with Crippen molar-refractivity contribution < 1.29 is 4.79 Å². The zero-order valence-electron chi connectivity index (χ0n) is 4.92. The minimum absolute atomic E-state index is 0.574. The number of carbonyl (C=O) groups excluding carboxylic acids is 1. The van der Waals surface area contributed by atoms with E-state index in [0.717, 1.165) is 6.41 Å². The molecule has 3 nitrogen and oxygen atoms in total. The van der Waals surface area contributed by atoms with Crippen molar-refractivity contribution in [2.24, 2.45) is 0 Å². The van der Waals surface area contributed by atoms with Gasteiger partial charge in [0, 0.05) is 13.1 Å². The lowest BCUT2D eigenvalue weighted by atomic mass is 10.7. The molecule has 1 saturated carbocycles. The van der Waals surface area contributed by atoms with E-state index in [1.54, 1.807) is 7.05 Å². The molecule has 1 fully saturated rings. The molecule has 0 heterocycles. The van der Waals surface area contributed by atoms with Crippen LogP contribution >= 0.6 is 0 Å². The van der Waals surface area contributed by atoms with Crippen LogP contribution in [0.5, 0.6) is 0 Å². The quantitative estimate of drug-likeness (QED) is 0.405. The first-order valence-electron chi connectivity index (χ1n) is 2.77. The van der Waals surface area contributed by atoms with Crippen molar-refractivity contribution >= 4 is 6.41 Å². The smallest absolute Gasteiger partial charge is 0.223 e. The van der Waals surface area contributed by atoms with Gasteiger partial charge in [-0.25, -0.2) is 5.43 Å². The highest BCUT2D eigenvalue weighted by molar-refractivity contribution is 5.45. The molecule has 0 spiro atoms. The number of rotatable bonds is 3. The van der Waals surface area contributed by atoms with Gasteiger partial charge in [-0.15, -0.1) is 0 Å². The zero-order valence-corrected chi connectivity index (χ0v) is 4.92. The standard InChI is InChI=1S/C5H10N2O/c1-7(4-8)6-5-2-3-5/h4-6H,2-3H2,1H3. The van der Waals surface area contributed by atoms with Gasteiger partial charge in [-0.3, -0.25) is 9.80 Å². The Hall–Kier alpha value is -0.570. The van der Waals surface area contributed by atoms with Gasteiger partial charge in [0.15, 0.2) is 0 Å². The van der Waals surface area contributed by atoms with Crippen molar-refractivity contribution in [2.75, 3.05) is 7.05 Å². The summed E-state index contributed by atoms with van der Waals surface area (Å²) < 4.78 is 0. The highest BCUT2D eigenvalue weighted by atomic mass is 16.1. The number of nitrogens with zero attached hydrogens (tertiary/aromatic N) is 1. The number of hydrogen-bond acceptors (Lipinski definition) is 2. The van der Waals surface area contributed by atoms with Gasteiger partial charge in [-0.05, 0) is 12.8 Å². The Bertz CT molecular complexity index is 90.4. The fourth-order valence-electron chi connectivity index (χ4n) is 0.531. The molecule has 3 heteroatoms. The van der Waals surface area contributed by atoms with Crippen molar-refractivity contribution in [2.45, 2.75) is 18.9 Å². The van der Waals surface area contributed by atoms with Crippen LogP contribution in [0, 0.1) is 0 Å². The maximum absolute atomic E-state index is 9.93. The fourth-order valence-corrected chi connectivity index (χ4v) is 0.531. The van der Waals surface area contributed by atoms with Crippen LogP contribution in [0.15, 0.2) is 0 Å². The van der Waals surface area contributed by atoms with Gasteiger partial charge in [0.05, 0.1) is 0 Å². The average Bonchev–Trinajstić information content (AvgIpc) is 2.50. The molecular formula is C5H10N2O. The summed E-state index contributed by atoms with van der Waals surface area (Å²) in [7, 11) is 1.71. The van der Waals surface area contributed by atoms with E-state index < -0.39 is 0 Å². The van der Waals surface area contributed by atoms with Crippen LogP contribution < -0.4 is 5.43 Å². The molecule has 0 aliphatic heterocycles. The van der Waals surface area contributed by atoms with E-state index in [9.17, 15) is 4.79 Å². The molecule has 0 unspecified atom stereocenters. The first kappa shape index (κ1) is 5.56. The second-order valence-electron chi connectivity index (χ2n) is 2.12. The first-order valence-corrected chi connectivity index (χ1v) is 2.77. The largest absolute Gasteiger partial charge is 0.284 e. The van der Waals surface area contributed by atoms with Crippen LogP contribution in [0.2, 0.25) is 0 Å². The van der Waals surface area contributed by atoms with E-state index in [-0.39, 0.29) is 0 Å². The Morgan fingerprint density at radius 2 is 2.38 bits per heavy atom. The Balaban J connectivity index is 2.06. The lowest BCUT2D eigenvalue weighted by Crippen LogP contribution is -2.34. The fraction of sp³-hybridized carbons (Fsp3) is 0.800. The van der Waals surface area contributed by atoms with Crippen molar-refractivity contribution in [1.29, 1.82) is 0 Å². The molecule has 0 aromatic heterocycles.